The van der Waals surface area contributed by atoms with E-state index in [9.17, 15) is 13.2 Å². The number of nitrogens with two attached hydrogens (primary N) is 2. The van der Waals surface area contributed by atoms with Gasteiger partial charge in [-0.1, -0.05) is 18.6 Å². The average Bonchev–Trinajstić information content (AvgIpc) is 2.53. The quantitative estimate of drug-likeness (QED) is 0.716. The maximum absolute atomic E-state index is 12.7. The summed E-state index contributed by atoms with van der Waals surface area (Å²) in [5.41, 5.74) is 7.03. The molecule has 2 aliphatic rings. The molecule has 0 aliphatic heterocycles. The Labute approximate surface area is 161 Å². The minimum atomic E-state index is -3.75. The van der Waals surface area contributed by atoms with Crippen molar-refractivity contribution < 1.29 is 13.2 Å². The number of fused-ring (bicyclic) bond motifs is 2. The summed E-state index contributed by atoms with van der Waals surface area (Å²) < 4.78 is 23.0. The summed E-state index contributed by atoms with van der Waals surface area (Å²) in [4.78, 5) is 12.8. The van der Waals surface area contributed by atoms with E-state index < -0.39 is 10.0 Å². The molecule has 0 saturated heterocycles. The number of hydrogen-bond acceptors (Lipinski definition) is 4. The van der Waals surface area contributed by atoms with Crippen LogP contribution in [0.4, 0.5) is 0 Å². The highest BCUT2D eigenvalue weighted by Crippen LogP contribution is 2.42. The van der Waals surface area contributed by atoms with Crippen LogP contribution in [0.15, 0.2) is 29.2 Å². The van der Waals surface area contributed by atoms with Gasteiger partial charge in [0.05, 0.1) is 10.9 Å². The highest BCUT2D eigenvalue weighted by Gasteiger charge is 2.40. The third-order valence-electron chi connectivity index (χ3n) is 5.83. The minimum absolute atomic E-state index is 0. The third kappa shape index (κ3) is 4.57. The number of carbonyl (C=O) groups excluding carboxylic acids is 1. The van der Waals surface area contributed by atoms with Gasteiger partial charge >= 0.3 is 0 Å². The van der Waals surface area contributed by atoms with Gasteiger partial charge in [0, 0.05) is 12.0 Å². The highest BCUT2D eigenvalue weighted by molar-refractivity contribution is 7.89. The van der Waals surface area contributed by atoms with Gasteiger partial charge in [0.1, 0.15) is 0 Å². The van der Waals surface area contributed by atoms with Crippen LogP contribution >= 0.6 is 12.4 Å². The SMILES string of the molecule is CC(NC(=O)C1CC2CCCC(C1)C2N)c1cccc(S(N)(=O)=O)c1.Cl. The maximum Gasteiger partial charge on any atom is 0.238 e. The van der Waals surface area contributed by atoms with Crippen molar-refractivity contribution >= 4 is 28.3 Å². The van der Waals surface area contributed by atoms with Crippen LogP contribution in [0.3, 0.4) is 0 Å². The van der Waals surface area contributed by atoms with Gasteiger partial charge in [-0.15, -0.1) is 12.4 Å². The molecule has 3 unspecified atom stereocenters. The van der Waals surface area contributed by atoms with E-state index in [0.717, 1.165) is 31.2 Å². The molecule has 2 saturated carbocycles. The van der Waals surface area contributed by atoms with Crippen molar-refractivity contribution in [1.29, 1.82) is 0 Å². The van der Waals surface area contributed by atoms with E-state index in [4.69, 9.17) is 10.9 Å². The Morgan fingerprint density at radius 1 is 1.23 bits per heavy atom. The second-order valence-electron chi connectivity index (χ2n) is 7.54. The second-order valence-corrected chi connectivity index (χ2v) is 9.11. The Kier molecular flexibility index (Phi) is 6.71. The molecule has 3 atom stereocenters. The molecule has 0 aromatic heterocycles. The average molecular weight is 402 g/mol. The molecule has 26 heavy (non-hydrogen) atoms. The number of primary sulfonamides is 1. The van der Waals surface area contributed by atoms with Crippen LogP contribution in [-0.2, 0) is 14.8 Å². The van der Waals surface area contributed by atoms with Gasteiger partial charge in [-0.05, 0) is 62.1 Å². The number of nitrogens with one attached hydrogen (secondary N) is 1. The van der Waals surface area contributed by atoms with Crippen molar-refractivity contribution in [2.75, 3.05) is 0 Å². The van der Waals surface area contributed by atoms with E-state index in [0.29, 0.717) is 11.8 Å². The number of carbonyl (C=O) groups is 1. The lowest BCUT2D eigenvalue weighted by atomic mass is 9.65. The van der Waals surface area contributed by atoms with E-state index in [-0.39, 0.29) is 41.2 Å². The summed E-state index contributed by atoms with van der Waals surface area (Å²) >= 11 is 0. The fraction of sp³-hybridized carbons (Fsp3) is 0.611. The zero-order valence-electron chi connectivity index (χ0n) is 14.9. The van der Waals surface area contributed by atoms with Gasteiger partial charge < -0.3 is 11.1 Å². The smallest absolute Gasteiger partial charge is 0.238 e. The first-order chi connectivity index (χ1) is 11.8. The lowest BCUT2D eigenvalue weighted by Gasteiger charge is -2.43. The Hall–Kier alpha value is -1.15. The standard InChI is InChI=1S/C18H27N3O3S.ClH/c1-11(12-4-3-7-16(10-12)25(20,23)24)21-18(22)15-8-13-5-2-6-14(9-15)17(13)19;/h3-4,7,10-11,13-15,17H,2,5-6,8-9,19H2,1H3,(H,21,22)(H2,20,23,24);1H. The largest absolute Gasteiger partial charge is 0.349 e. The van der Waals surface area contributed by atoms with E-state index in [1.807, 2.05) is 6.92 Å². The first kappa shape index (κ1) is 21.2. The fourth-order valence-electron chi connectivity index (χ4n) is 4.38. The van der Waals surface area contributed by atoms with E-state index in [1.165, 1.54) is 18.6 Å². The summed E-state index contributed by atoms with van der Waals surface area (Å²) in [5, 5.41) is 8.22. The fourth-order valence-corrected chi connectivity index (χ4v) is 4.95. The van der Waals surface area contributed by atoms with Gasteiger partial charge in [0.15, 0.2) is 0 Å². The number of hydrogen-bond donors (Lipinski definition) is 3. The number of benzene rings is 1. The summed E-state index contributed by atoms with van der Waals surface area (Å²) in [6, 6.07) is 6.38. The zero-order valence-corrected chi connectivity index (χ0v) is 16.6. The molecule has 0 radical (unpaired) electrons. The number of halogens is 1. The molecular weight excluding hydrogens is 374 g/mol. The second kappa shape index (κ2) is 8.25. The molecule has 0 spiro atoms. The summed E-state index contributed by atoms with van der Waals surface area (Å²) in [6.07, 6.45) is 5.16. The van der Waals surface area contributed by atoms with Crippen LogP contribution in [0.2, 0.25) is 0 Å². The predicted octanol–water partition coefficient (Wildman–Crippen LogP) is 2.09. The van der Waals surface area contributed by atoms with E-state index in [1.54, 1.807) is 12.1 Å². The molecule has 8 heteroatoms. The van der Waals surface area contributed by atoms with Gasteiger partial charge in [-0.2, -0.15) is 0 Å². The molecule has 5 N–H and O–H groups in total. The van der Waals surface area contributed by atoms with Crippen LogP contribution in [0.1, 0.15) is 50.6 Å². The van der Waals surface area contributed by atoms with Crippen molar-refractivity contribution in [2.45, 2.75) is 56.0 Å². The van der Waals surface area contributed by atoms with Gasteiger partial charge in [0.2, 0.25) is 15.9 Å². The number of rotatable bonds is 4. The van der Waals surface area contributed by atoms with Crippen LogP contribution in [0.5, 0.6) is 0 Å². The lowest BCUT2D eigenvalue weighted by molar-refractivity contribution is -0.128. The summed E-state index contributed by atoms with van der Waals surface area (Å²) in [6.45, 7) is 1.86. The van der Waals surface area contributed by atoms with E-state index in [2.05, 4.69) is 5.32 Å². The predicted molar refractivity (Wildman–Crippen MR) is 103 cm³/mol. The van der Waals surface area contributed by atoms with Crippen LogP contribution < -0.4 is 16.2 Å². The van der Waals surface area contributed by atoms with Crippen molar-refractivity contribution in [2.24, 2.45) is 28.6 Å². The molecule has 0 heterocycles. The first-order valence-corrected chi connectivity index (χ1v) is 10.5. The summed E-state index contributed by atoms with van der Waals surface area (Å²) in [5.74, 6) is 0.935. The molecular formula is C18H28ClN3O3S. The zero-order chi connectivity index (χ0) is 18.2. The van der Waals surface area contributed by atoms with Gasteiger partial charge in [0.25, 0.3) is 0 Å². The van der Waals surface area contributed by atoms with Gasteiger partial charge in [-0.3, -0.25) is 4.79 Å². The Morgan fingerprint density at radius 2 is 1.85 bits per heavy atom. The Balaban J connectivity index is 0.00000243. The third-order valence-corrected chi connectivity index (χ3v) is 6.74. The maximum atomic E-state index is 12.7. The number of amides is 1. The first-order valence-electron chi connectivity index (χ1n) is 8.94. The van der Waals surface area contributed by atoms with Crippen molar-refractivity contribution in [1.82, 2.24) is 5.32 Å². The molecule has 6 nitrogen and oxygen atoms in total. The molecule has 146 valence electrons. The van der Waals surface area contributed by atoms with Gasteiger partial charge in [-0.25, -0.2) is 13.6 Å². The van der Waals surface area contributed by atoms with Crippen LogP contribution in [0.25, 0.3) is 0 Å². The Bertz CT molecular complexity index is 742. The molecule has 3 rings (SSSR count). The lowest BCUT2D eigenvalue weighted by Crippen LogP contribution is -2.49. The highest BCUT2D eigenvalue weighted by atomic mass is 35.5. The molecule has 2 fully saturated rings. The van der Waals surface area contributed by atoms with Crippen molar-refractivity contribution in [3.8, 4) is 0 Å². The topological polar surface area (TPSA) is 115 Å². The molecule has 2 bridgehead atoms. The minimum Gasteiger partial charge on any atom is -0.349 e. The molecule has 1 aromatic rings. The normalized spacial score (nSPS) is 29.3. The Morgan fingerprint density at radius 3 is 2.42 bits per heavy atom. The molecule has 1 amide bonds. The van der Waals surface area contributed by atoms with Crippen LogP contribution in [-0.4, -0.2) is 20.4 Å². The van der Waals surface area contributed by atoms with E-state index >= 15 is 0 Å². The van der Waals surface area contributed by atoms with Crippen LogP contribution in [0, 0.1) is 17.8 Å². The monoisotopic (exact) mass is 401 g/mol. The molecule has 2 aliphatic carbocycles. The molecule has 1 aromatic carbocycles. The number of sulfonamides is 1. The van der Waals surface area contributed by atoms with Crippen molar-refractivity contribution in [3.63, 3.8) is 0 Å². The van der Waals surface area contributed by atoms with Crippen molar-refractivity contribution in [3.05, 3.63) is 29.8 Å². The summed E-state index contributed by atoms with van der Waals surface area (Å²) in [7, 11) is -3.75.